The highest BCUT2D eigenvalue weighted by atomic mass is 32.1. The molecule has 1 atom stereocenters. The number of hydrogen-bond donors (Lipinski definition) is 1. The van der Waals surface area contributed by atoms with Crippen LogP contribution in [0, 0.1) is 6.92 Å². The second-order valence-electron chi connectivity index (χ2n) is 7.44. The standard InChI is InChI=1S/C23H22N2O4S/c1-14-6-8-15(9-7-14)21(26)19-20(17-10-11-18(29-17)24(2)3)25(23(28)22(19)27)13-16-5-4-12-30-16/h4-12,20,26H,13H2,1-3H3/b21-19+. The number of carbonyl (C=O) groups excluding carboxylic acids is 2. The Balaban J connectivity index is 1.85. The van der Waals surface area contributed by atoms with E-state index in [-0.39, 0.29) is 17.9 Å². The quantitative estimate of drug-likeness (QED) is 0.376. The first-order chi connectivity index (χ1) is 14.4. The van der Waals surface area contributed by atoms with E-state index in [4.69, 9.17) is 4.42 Å². The second-order valence-corrected chi connectivity index (χ2v) is 8.48. The first kappa shape index (κ1) is 20.0. The average molecular weight is 423 g/mol. The molecule has 1 amide bonds. The van der Waals surface area contributed by atoms with Gasteiger partial charge in [0.1, 0.15) is 17.6 Å². The van der Waals surface area contributed by atoms with Crippen molar-refractivity contribution in [3.8, 4) is 0 Å². The van der Waals surface area contributed by atoms with E-state index in [1.807, 2.05) is 50.7 Å². The van der Waals surface area contributed by atoms with Crippen LogP contribution in [0.15, 0.2) is 63.9 Å². The molecule has 2 aromatic heterocycles. The minimum absolute atomic E-state index is 0.0417. The maximum atomic E-state index is 13.0. The molecule has 0 bridgehead atoms. The molecule has 1 aliphatic rings. The molecule has 6 nitrogen and oxygen atoms in total. The van der Waals surface area contributed by atoms with E-state index in [0.29, 0.717) is 17.2 Å². The normalized spacial score (nSPS) is 18.2. The van der Waals surface area contributed by atoms with Gasteiger partial charge >= 0.3 is 0 Å². The van der Waals surface area contributed by atoms with Crippen LogP contribution in [0.4, 0.5) is 5.88 Å². The van der Waals surface area contributed by atoms with E-state index in [2.05, 4.69) is 0 Å². The Morgan fingerprint density at radius 1 is 1.13 bits per heavy atom. The number of amides is 1. The molecule has 7 heteroatoms. The van der Waals surface area contributed by atoms with Gasteiger partial charge in [-0.25, -0.2) is 0 Å². The fourth-order valence-corrected chi connectivity index (χ4v) is 4.21. The van der Waals surface area contributed by atoms with Crippen LogP contribution in [-0.2, 0) is 16.1 Å². The summed E-state index contributed by atoms with van der Waals surface area (Å²) in [4.78, 5) is 30.1. The van der Waals surface area contributed by atoms with Gasteiger partial charge in [0.05, 0.1) is 12.1 Å². The van der Waals surface area contributed by atoms with Crippen LogP contribution >= 0.6 is 11.3 Å². The van der Waals surface area contributed by atoms with Gasteiger partial charge in [-0.3, -0.25) is 9.59 Å². The lowest BCUT2D eigenvalue weighted by Crippen LogP contribution is -2.28. The van der Waals surface area contributed by atoms with Crippen LogP contribution in [0.2, 0.25) is 0 Å². The van der Waals surface area contributed by atoms with E-state index in [1.165, 1.54) is 16.2 Å². The molecule has 1 aliphatic heterocycles. The van der Waals surface area contributed by atoms with Gasteiger partial charge in [0.15, 0.2) is 5.88 Å². The number of nitrogens with zero attached hydrogens (tertiary/aromatic N) is 2. The number of Topliss-reactive ketones (excluding diaryl/α,β-unsaturated/α-hetero) is 1. The molecule has 0 radical (unpaired) electrons. The lowest BCUT2D eigenvalue weighted by atomic mass is 9.99. The number of benzene rings is 1. The summed E-state index contributed by atoms with van der Waals surface area (Å²) in [6.45, 7) is 2.20. The summed E-state index contributed by atoms with van der Waals surface area (Å²) in [6.07, 6.45) is 0. The van der Waals surface area contributed by atoms with Crippen LogP contribution in [0.25, 0.3) is 5.76 Å². The number of ketones is 1. The number of carbonyl (C=O) groups is 2. The van der Waals surface area contributed by atoms with Crippen LogP contribution in [0.5, 0.6) is 0 Å². The topological polar surface area (TPSA) is 74.0 Å². The zero-order valence-corrected chi connectivity index (χ0v) is 17.8. The largest absolute Gasteiger partial charge is 0.507 e. The lowest BCUT2D eigenvalue weighted by molar-refractivity contribution is -0.140. The van der Waals surface area contributed by atoms with Crippen molar-refractivity contribution in [2.24, 2.45) is 0 Å². The number of furan rings is 1. The first-order valence-electron chi connectivity index (χ1n) is 9.51. The van der Waals surface area contributed by atoms with Crippen LogP contribution in [0.1, 0.15) is 27.8 Å². The van der Waals surface area contributed by atoms with Crippen molar-refractivity contribution in [3.63, 3.8) is 0 Å². The van der Waals surface area contributed by atoms with Crippen molar-refractivity contribution < 1.29 is 19.1 Å². The number of aliphatic hydroxyl groups is 1. The minimum Gasteiger partial charge on any atom is -0.507 e. The number of thiophene rings is 1. The van der Waals surface area contributed by atoms with Gasteiger partial charge < -0.3 is 19.3 Å². The lowest BCUT2D eigenvalue weighted by Gasteiger charge is -2.23. The average Bonchev–Trinajstić information content (AvgIpc) is 3.45. The summed E-state index contributed by atoms with van der Waals surface area (Å²) in [5.74, 6) is -0.526. The maximum absolute atomic E-state index is 13.0. The Morgan fingerprint density at radius 2 is 1.87 bits per heavy atom. The van der Waals surface area contributed by atoms with Crippen molar-refractivity contribution in [1.29, 1.82) is 0 Å². The molecule has 3 aromatic rings. The second kappa shape index (κ2) is 7.84. The molecular weight excluding hydrogens is 400 g/mol. The SMILES string of the molecule is Cc1ccc(/C(O)=C2\C(=O)C(=O)N(Cc3cccs3)C2c2ccc(N(C)C)o2)cc1. The monoisotopic (exact) mass is 422 g/mol. The highest BCUT2D eigenvalue weighted by molar-refractivity contribution is 7.09. The number of likely N-dealkylation sites (tertiary alicyclic amines) is 1. The maximum Gasteiger partial charge on any atom is 0.296 e. The molecule has 1 unspecified atom stereocenters. The van der Waals surface area contributed by atoms with Gasteiger partial charge in [0, 0.05) is 30.6 Å². The zero-order valence-electron chi connectivity index (χ0n) is 17.0. The number of hydrogen-bond acceptors (Lipinski definition) is 6. The number of aryl methyl sites for hydroxylation is 1. The number of anilines is 1. The summed E-state index contributed by atoms with van der Waals surface area (Å²) >= 11 is 1.51. The Labute approximate surface area is 178 Å². The van der Waals surface area contributed by atoms with Crippen LogP contribution < -0.4 is 4.90 Å². The Kier molecular flexibility index (Phi) is 5.22. The van der Waals surface area contributed by atoms with E-state index in [0.717, 1.165) is 10.4 Å². The van der Waals surface area contributed by atoms with Gasteiger partial charge in [0.25, 0.3) is 11.7 Å². The minimum atomic E-state index is -0.804. The highest BCUT2D eigenvalue weighted by Gasteiger charge is 2.47. The predicted molar refractivity (Wildman–Crippen MR) is 116 cm³/mol. The molecule has 0 spiro atoms. The van der Waals surface area contributed by atoms with Crippen molar-refractivity contribution in [1.82, 2.24) is 4.90 Å². The molecule has 0 saturated carbocycles. The molecule has 0 aliphatic carbocycles. The molecule has 1 aromatic carbocycles. The molecule has 154 valence electrons. The summed E-state index contributed by atoms with van der Waals surface area (Å²) in [5.41, 5.74) is 1.56. The number of rotatable bonds is 5. The van der Waals surface area contributed by atoms with Crippen molar-refractivity contribution in [2.75, 3.05) is 19.0 Å². The van der Waals surface area contributed by atoms with Crippen molar-refractivity contribution in [2.45, 2.75) is 19.5 Å². The van der Waals surface area contributed by atoms with Crippen molar-refractivity contribution >= 4 is 34.7 Å². The van der Waals surface area contributed by atoms with Gasteiger partial charge in [-0.2, -0.15) is 0 Å². The van der Waals surface area contributed by atoms with E-state index in [1.54, 1.807) is 29.2 Å². The third kappa shape index (κ3) is 3.52. The van der Waals surface area contributed by atoms with E-state index >= 15 is 0 Å². The van der Waals surface area contributed by atoms with Crippen molar-refractivity contribution in [3.05, 3.63) is 81.2 Å². The smallest absolute Gasteiger partial charge is 0.296 e. The molecule has 1 N–H and O–H groups in total. The summed E-state index contributed by atoms with van der Waals surface area (Å²) < 4.78 is 5.95. The molecule has 4 rings (SSSR count). The highest BCUT2D eigenvalue weighted by Crippen LogP contribution is 2.41. The third-order valence-corrected chi connectivity index (χ3v) is 5.96. The summed E-state index contributed by atoms with van der Waals surface area (Å²) in [5, 5.41) is 12.9. The molecule has 1 saturated heterocycles. The van der Waals surface area contributed by atoms with Gasteiger partial charge in [-0.1, -0.05) is 35.9 Å². The van der Waals surface area contributed by atoms with E-state index < -0.39 is 17.7 Å². The molecule has 30 heavy (non-hydrogen) atoms. The third-order valence-electron chi connectivity index (χ3n) is 5.09. The zero-order chi connectivity index (χ0) is 21.4. The molecular formula is C23H22N2O4S. The fourth-order valence-electron chi connectivity index (χ4n) is 3.51. The Hall–Kier alpha value is -3.32. The summed E-state index contributed by atoms with van der Waals surface area (Å²) in [6, 6.07) is 13.7. The Bertz CT molecular complexity index is 1110. The summed E-state index contributed by atoms with van der Waals surface area (Å²) in [7, 11) is 3.69. The van der Waals surface area contributed by atoms with Gasteiger partial charge in [-0.05, 0) is 24.4 Å². The van der Waals surface area contributed by atoms with Crippen LogP contribution in [0.3, 0.4) is 0 Å². The van der Waals surface area contributed by atoms with E-state index in [9.17, 15) is 14.7 Å². The van der Waals surface area contributed by atoms with Gasteiger partial charge in [0.2, 0.25) is 0 Å². The number of aliphatic hydroxyl groups excluding tert-OH is 1. The predicted octanol–water partition coefficient (Wildman–Crippen LogP) is 4.34. The van der Waals surface area contributed by atoms with Gasteiger partial charge in [-0.15, -0.1) is 11.3 Å². The fraction of sp³-hybridized carbons (Fsp3) is 0.217. The molecule has 3 heterocycles. The van der Waals surface area contributed by atoms with Crippen LogP contribution in [-0.4, -0.2) is 35.8 Å². The Morgan fingerprint density at radius 3 is 2.47 bits per heavy atom. The molecule has 1 fully saturated rings. The first-order valence-corrected chi connectivity index (χ1v) is 10.4.